The van der Waals surface area contributed by atoms with Gasteiger partial charge in [0, 0.05) is 0 Å². The fourth-order valence-electron chi connectivity index (χ4n) is 1.27. The first kappa shape index (κ1) is 11.7. The number of benzene rings is 1. The minimum absolute atomic E-state index is 0.313. The fourth-order valence-corrected chi connectivity index (χ4v) is 1.27. The van der Waals surface area contributed by atoms with E-state index >= 15 is 0 Å². The maximum Gasteiger partial charge on any atom is 0.488 e. The lowest BCUT2D eigenvalue weighted by Crippen LogP contribution is -2.29. The summed E-state index contributed by atoms with van der Waals surface area (Å²) in [6.07, 6.45) is 0. The standard InChI is InChI=1S/C10H13BO4/c1-7(10(12)15-2)8-3-5-9(6-4-8)11(13)14/h3-7,13-14H,1-2H3. The smallest absolute Gasteiger partial charge is 0.469 e. The van der Waals surface area contributed by atoms with Gasteiger partial charge in [-0.3, -0.25) is 4.79 Å². The van der Waals surface area contributed by atoms with Gasteiger partial charge in [0.25, 0.3) is 0 Å². The van der Waals surface area contributed by atoms with Crippen LogP contribution in [0.3, 0.4) is 0 Å². The Labute approximate surface area is 88.6 Å². The minimum atomic E-state index is -1.48. The average Bonchev–Trinajstić information content (AvgIpc) is 2.27. The third kappa shape index (κ3) is 2.81. The van der Waals surface area contributed by atoms with E-state index < -0.39 is 7.12 Å². The van der Waals surface area contributed by atoms with Crippen molar-refractivity contribution in [1.29, 1.82) is 0 Å². The zero-order chi connectivity index (χ0) is 11.4. The molecule has 1 rings (SSSR count). The van der Waals surface area contributed by atoms with Crippen molar-refractivity contribution in [1.82, 2.24) is 0 Å². The molecule has 1 aromatic rings. The lowest BCUT2D eigenvalue weighted by atomic mass is 9.79. The van der Waals surface area contributed by atoms with Gasteiger partial charge in [0.2, 0.25) is 0 Å². The summed E-state index contributed by atoms with van der Waals surface area (Å²) in [6, 6.07) is 6.49. The van der Waals surface area contributed by atoms with Gasteiger partial charge < -0.3 is 14.8 Å². The van der Waals surface area contributed by atoms with Crippen LogP contribution in [0.1, 0.15) is 18.4 Å². The maximum absolute atomic E-state index is 11.2. The van der Waals surface area contributed by atoms with Crippen molar-refractivity contribution in [3.8, 4) is 0 Å². The summed E-state index contributed by atoms with van der Waals surface area (Å²) < 4.78 is 4.61. The molecule has 2 N–H and O–H groups in total. The van der Waals surface area contributed by atoms with Crippen LogP contribution in [0, 0.1) is 0 Å². The monoisotopic (exact) mass is 208 g/mol. The van der Waals surface area contributed by atoms with E-state index in [4.69, 9.17) is 10.0 Å². The molecule has 0 saturated heterocycles. The number of ether oxygens (including phenoxy) is 1. The number of carbonyl (C=O) groups is 1. The van der Waals surface area contributed by atoms with E-state index in [1.807, 2.05) is 0 Å². The highest BCUT2D eigenvalue weighted by Gasteiger charge is 2.16. The quantitative estimate of drug-likeness (QED) is 0.526. The minimum Gasteiger partial charge on any atom is -0.469 e. The Balaban J connectivity index is 2.84. The SMILES string of the molecule is COC(=O)C(C)c1ccc(B(O)O)cc1. The largest absolute Gasteiger partial charge is 0.488 e. The summed E-state index contributed by atoms with van der Waals surface area (Å²) in [5.41, 5.74) is 1.18. The van der Waals surface area contributed by atoms with Gasteiger partial charge in [0.15, 0.2) is 0 Å². The second-order valence-corrected chi connectivity index (χ2v) is 3.29. The van der Waals surface area contributed by atoms with Crippen LogP contribution in [0.4, 0.5) is 0 Å². The first-order chi connectivity index (χ1) is 7.06. The molecule has 0 heterocycles. The topological polar surface area (TPSA) is 66.8 Å². The number of methoxy groups -OCH3 is 1. The van der Waals surface area contributed by atoms with Gasteiger partial charge in [-0.05, 0) is 17.9 Å². The summed E-state index contributed by atoms with van der Waals surface area (Å²) in [5, 5.41) is 17.7. The van der Waals surface area contributed by atoms with Crippen LogP contribution in [0.2, 0.25) is 0 Å². The van der Waals surface area contributed by atoms with Crippen LogP contribution in [-0.4, -0.2) is 30.2 Å². The van der Waals surface area contributed by atoms with E-state index in [9.17, 15) is 4.79 Å². The van der Waals surface area contributed by atoms with E-state index in [0.29, 0.717) is 5.46 Å². The van der Waals surface area contributed by atoms with Crippen molar-refractivity contribution in [2.24, 2.45) is 0 Å². The van der Waals surface area contributed by atoms with Crippen molar-refractivity contribution in [2.75, 3.05) is 7.11 Å². The van der Waals surface area contributed by atoms with Gasteiger partial charge >= 0.3 is 13.1 Å². The molecule has 80 valence electrons. The number of rotatable bonds is 3. The van der Waals surface area contributed by atoms with Crippen molar-refractivity contribution >= 4 is 18.6 Å². The van der Waals surface area contributed by atoms with E-state index in [1.165, 1.54) is 7.11 Å². The van der Waals surface area contributed by atoms with E-state index in [0.717, 1.165) is 5.56 Å². The molecule has 15 heavy (non-hydrogen) atoms. The molecule has 0 bridgehead atoms. The normalized spacial score (nSPS) is 12.0. The number of carbonyl (C=O) groups excluding carboxylic acids is 1. The van der Waals surface area contributed by atoms with Crippen LogP contribution < -0.4 is 5.46 Å². The lowest BCUT2D eigenvalue weighted by molar-refractivity contribution is -0.141. The second kappa shape index (κ2) is 4.95. The first-order valence-corrected chi connectivity index (χ1v) is 4.60. The molecule has 0 aromatic heterocycles. The molecular weight excluding hydrogens is 195 g/mol. The third-order valence-corrected chi connectivity index (χ3v) is 2.29. The number of esters is 1. The van der Waals surface area contributed by atoms with Gasteiger partial charge in [-0.2, -0.15) is 0 Å². The van der Waals surface area contributed by atoms with E-state index in [-0.39, 0.29) is 11.9 Å². The Morgan fingerprint density at radius 1 is 1.33 bits per heavy atom. The van der Waals surface area contributed by atoms with Crippen LogP contribution >= 0.6 is 0 Å². The predicted octanol–water partition coefficient (Wildman–Crippen LogP) is -0.357. The Bertz CT molecular complexity index is 334. The molecule has 0 amide bonds. The van der Waals surface area contributed by atoms with Crippen molar-refractivity contribution in [2.45, 2.75) is 12.8 Å². The van der Waals surface area contributed by atoms with Gasteiger partial charge in [0.05, 0.1) is 13.0 Å². The van der Waals surface area contributed by atoms with Crippen molar-refractivity contribution < 1.29 is 19.6 Å². The molecule has 1 atom stereocenters. The molecule has 5 heteroatoms. The van der Waals surface area contributed by atoms with E-state index in [2.05, 4.69) is 4.74 Å². The summed E-state index contributed by atoms with van der Waals surface area (Å²) in [5.74, 6) is -0.660. The number of hydrogen-bond donors (Lipinski definition) is 2. The molecule has 0 radical (unpaired) electrons. The van der Waals surface area contributed by atoms with Crippen molar-refractivity contribution in [3.05, 3.63) is 29.8 Å². The second-order valence-electron chi connectivity index (χ2n) is 3.29. The lowest BCUT2D eigenvalue weighted by Gasteiger charge is -2.09. The van der Waals surface area contributed by atoms with Gasteiger partial charge in [-0.1, -0.05) is 24.3 Å². The molecule has 0 fully saturated rings. The zero-order valence-electron chi connectivity index (χ0n) is 8.68. The van der Waals surface area contributed by atoms with Crippen LogP contribution in [0.15, 0.2) is 24.3 Å². The molecule has 0 spiro atoms. The summed E-state index contributed by atoms with van der Waals surface area (Å²) >= 11 is 0. The summed E-state index contributed by atoms with van der Waals surface area (Å²) in [7, 11) is -0.141. The highest BCUT2D eigenvalue weighted by atomic mass is 16.5. The van der Waals surface area contributed by atoms with Crippen LogP contribution in [0.25, 0.3) is 0 Å². The van der Waals surface area contributed by atoms with Crippen molar-refractivity contribution in [3.63, 3.8) is 0 Å². The molecule has 0 saturated carbocycles. The average molecular weight is 208 g/mol. The highest BCUT2D eigenvalue weighted by molar-refractivity contribution is 6.58. The highest BCUT2D eigenvalue weighted by Crippen LogP contribution is 2.14. The molecular formula is C10H13BO4. The third-order valence-electron chi connectivity index (χ3n) is 2.29. The molecule has 0 aliphatic rings. The van der Waals surface area contributed by atoms with E-state index in [1.54, 1.807) is 31.2 Å². The van der Waals surface area contributed by atoms with Gasteiger partial charge in [-0.25, -0.2) is 0 Å². The van der Waals surface area contributed by atoms with Gasteiger partial charge in [0.1, 0.15) is 0 Å². The Morgan fingerprint density at radius 3 is 2.27 bits per heavy atom. The zero-order valence-corrected chi connectivity index (χ0v) is 8.68. The Morgan fingerprint density at radius 2 is 1.87 bits per heavy atom. The Kier molecular flexibility index (Phi) is 3.88. The predicted molar refractivity (Wildman–Crippen MR) is 56.7 cm³/mol. The Hall–Kier alpha value is -1.33. The maximum atomic E-state index is 11.2. The summed E-state index contributed by atoms with van der Waals surface area (Å²) in [4.78, 5) is 11.2. The first-order valence-electron chi connectivity index (χ1n) is 4.60. The van der Waals surface area contributed by atoms with Crippen LogP contribution in [0.5, 0.6) is 0 Å². The molecule has 1 unspecified atom stereocenters. The molecule has 0 aliphatic heterocycles. The molecule has 0 aliphatic carbocycles. The summed E-state index contributed by atoms with van der Waals surface area (Å²) in [6.45, 7) is 1.73. The van der Waals surface area contributed by atoms with Gasteiger partial charge in [-0.15, -0.1) is 0 Å². The molecule has 1 aromatic carbocycles. The fraction of sp³-hybridized carbons (Fsp3) is 0.300. The van der Waals surface area contributed by atoms with Crippen LogP contribution in [-0.2, 0) is 9.53 Å². The molecule has 4 nitrogen and oxygen atoms in total. The number of hydrogen-bond acceptors (Lipinski definition) is 4.